The fourth-order valence-corrected chi connectivity index (χ4v) is 2.59. The highest BCUT2D eigenvalue weighted by Crippen LogP contribution is 2.20. The Morgan fingerprint density at radius 1 is 1.20 bits per heavy atom. The first-order valence-corrected chi connectivity index (χ1v) is 9.29. The van der Waals surface area contributed by atoms with Gasteiger partial charge in [0.05, 0.1) is 5.76 Å². The number of carbonyl (C=O) groups excluding carboxylic acids is 1. The number of rotatable bonds is 8. The number of methoxy groups -OCH3 is 1. The quantitative estimate of drug-likeness (QED) is 0.361. The molecular weight excluding hydrogens is 318 g/mol. The molecule has 1 heterocycles. The molecule has 0 unspecified atom stereocenters. The lowest BCUT2D eigenvalue weighted by atomic mass is 10.1. The van der Waals surface area contributed by atoms with E-state index in [0.717, 1.165) is 44.5 Å². The molecule has 1 aliphatic rings. The third kappa shape index (κ3) is 9.54. The highest BCUT2D eigenvalue weighted by molar-refractivity contribution is 5.68. The Labute approximate surface area is 153 Å². The maximum absolute atomic E-state index is 12.1. The van der Waals surface area contributed by atoms with Crippen molar-refractivity contribution in [2.75, 3.05) is 26.8 Å². The van der Waals surface area contributed by atoms with Gasteiger partial charge in [-0.2, -0.15) is 0 Å². The molecule has 0 aromatic heterocycles. The second kappa shape index (κ2) is 11.2. The average Bonchev–Trinajstić information content (AvgIpc) is 2.56. The minimum atomic E-state index is -0.446. The van der Waals surface area contributed by atoms with Gasteiger partial charge in [-0.3, -0.25) is 0 Å². The number of unbranched alkanes of at least 4 members (excludes halogenated alkanes) is 1. The summed E-state index contributed by atoms with van der Waals surface area (Å²) in [4.78, 5) is 13.9. The molecule has 0 aromatic carbocycles. The van der Waals surface area contributed by atoms with Crippen LogP contribution in [0.5, 0.6) is 0 Å². The molecule has 0 bridgehead atoms. The first-order valence-electron chi connectivity index (χ1n) is 9.29. The van der Waals surface area contributed by atoms with E-state index in [1.54, 1.807) is 12.0 Å². The van der Waals surface area contributed by atoms with E-state index in [9.17, 15) is 4.79 Å². The fraction of sp³-hybridized carbons (Fsp3) is 0.750. The van der Waals surface area contributed by atoms with Gasteiger partial charge < -0.3 is 19.1 Å². The molecule has 0 saturated carbocycles. The Hall–Kier alpha value is -1.49. The molecule has 0 atom stereocenters. The van der Waals surface area contributed by atoms with Crippen molar-refractivity contribution in [3.8, 4) is 0 Å². The summed E-state index contributed by atoms with van der Waals surface area (Å²) in [6, 6.07) is 0. The highest BCUT2D eigenvalue weighted by atomic mass is 16.6. The van der Waals surface area contributed by atoms with Gasteiger partial charge in [-0.05, 0) is 46.6 Å². The van der Waals surface area contributed by atoms with Crippen molar-refractivity contribution in [2.24, 2.45) is 0 Å². The third-order valence-corrected chi connectivity index (χ3v) is 3.94. The molecule has 1 aliphatic heterocycles. The number of likely N-dealkylation sites (tertiary alicyclic amines) is 1. The lowest BCUT2D eigenvalue weighted by Gasteiger charge is -2.33. The highest BCUT2D eigenvalue weighted by Gasteiger charge is 2.27. The first-order chi connectivity index (χ1) is 11.9. The molecule has 1 saturated heterocycles. The lowest BCUT2D eigenvalue weighted by Crippen LogP contribution is -2.43. The normalized spacial score (nSPS) is 17.2. The predicted octanol–water partition coefficient (Wildman–Crippen LogP) is 4.68. The van der Waals surface area contributed by atoms with Crippen LogP contribution in [0.2, 0.25) is 0 Å². The molecule has 144 valence electrons. The van der Waals surface area contributed by atoms with Crippen molar-refractivity contribution in [3.05, 3.63) is 24.0 Å². The molecule has 25 heavy (non-hydrogen) atoms. The Morgan fingerprint density at radius 3 is 2.44 bits per heavy atom. The van der Waals surface area contributed by atoms with Gasteiger partial charge in [0.1, 0.15) is 11.7 Å². The SMILES string of the molecule is C/C=C(\C/C=C\CCCOC)OC1CCN(C(=O)OC(C)(C)C)CC1. The Balaban J connectivity index is 2.30. The molecule has 1 rings (SSSR count). The van der Waals surface area contributed by atoms with Crippen LogP contribution in [0, 0.1) is 0 Å². The van der Waals surface area contributed by atoms with Crippen molar-refractivity contribution in [2.45, 2.75) is 71.5 Å². The van der Waals surface area contributed by atoms with Crippen molar-refractivity contribution in [1.82, 2.24) is 4.90 Å². The van der Waals surface area contributed by atoms with E-state index in [1.807, 2.05) is 33.8 Å². The van der Waals surface area contributed by atoms with Gasteiger partial charge in [-0.15, -0.1) is 0 Å². The molecule has 1 amide bonds. The summed E-state index contributed by atoms with van der Waals surface area (Å²) in [5.74, 6) is 0.999. The van der Waals surface area contributed by atoms with Gasteiger partial charge in [0, 0.05) is 46.1 Å². The van der Waals surface area contributed by atoms with Crippen LogP contribution in [0.15, 0.2) is 24.0 Å². The number of hydrogen-bond acceptors (Lipinski definition) is 4. The standard InChI is InChI=1S/C20H35NO4/c1-6-17(11-9-7-8-10-16-23-5)24-18-12-14-21(15-13-18)19(22)25-20(2,3)4/h6-7,9,18H,8,10-16H2,1-5H3/b9-7-,17-6+. The largest absolute Gasteiger partial charge is 0.495 e. The van der Waals surface area contributed by atoms with Crippen LogP contribution in [0.25, 0.3) is 0 Å². The van der Waals surface area contributed by atoms with E-state index >= 15 is 0 Å². The van der Waals surface area contributed by atoms with Gasteiger partial charge in [0.25, 0.3) is 0 Å². The van der Waals surface area contributed by atoms with Crippen LogP contribution in [0.1, 0.15) is 59.8 Å². The zero-order valence-electron chi connectivity index (χ0n) is 16.5. The van der Waals surface area contributed by atoms with E-state index < -0.39 is 5.60 Å². The number of amides is 1. The minimum Gasteiger partial charge on any atom is -0.495 e. The number of piperidine rings is 1. The number of allylic oxidation sites excluding steroid dienone is 3. The van der Waals surface area contributed by atoms with Gasteiger partial charge in [0.15, 0.2) is 0 Å². The van der Waals surface area contributed by atoms with Crippen LogP contribution in [-0.4, -0.2) is 49.5 Å². The van der Waals surface area contributed by atoms with Crippen molar-refractivity contribution >= 4 is 6.09 Å². The summed E-state index contributed by atoms with van der Waals surface area (Å²) >= 11 is 0. The topological polar surface area (TPSA) is 48.0 Å². The summed E-state index contributed by atoms with van der Waals surface area (Å²) in [5.41, 5.74) is -0.446. The molecule has 0 N–H and O–H groups in total. The fourth-order valence-electron chi connectivity index (χ4n) is 2.59. The maximum atomic E-state index is 12.1. The molecule has 0 spiro atoms. The molecule has 5 nitrogen and oxygen atoms in total. The molecule has 0 aromatic rings. The third-order valence-electron chi connectivity index (χ3n) is 3.94. The maximum Gasteiger partial charge on any atom is 0.410 e. The number of nitrogens with zero attached hydrogens (tertiary/aromatic N) is 1. The molecule has 0 aliphatic carbocycles. The molecule has 5 heteroatoms. The van der Waals surface area contributed by atoms with Gasteiger partial charge in [-0.25, -0.2) is 4.79 Å². The Bertz CT molecular complexity index is 443. The Morgan fingerprint density at radius 2 is 1.88 bits per heavy atom. The molecule has 1 fully saturated rings. The molecule has 0 radical (unpaired) electrons. The number of ether oxygens (including phenoxy) is 3. The van der Waals surface area contributed by atoms with Crippen LogP contribution in [-0.2, 0) is 14.2 Å². The van der Waals surface area contributed by atoms with E-state index in [1.165, 1.54) is 0 Å². The summed E-state index contributed by atoms with van der Waals surface area (Å²) < 4.78 is 16.6. The lowest BCUT2D eigenvalue weighted by molar-refractivity contribution is 0.00388. The summed E-state index contributed by atoms with van der Waals surface area (Å²) in [7, 11) is 1.73. The first kappa shape index (κ1) is 21.6. The minimum absolute atomic E-state index is 0.173. The predicted molar refractivity (Wildman–Crippen MR) is 101 cm³/mol. The second-order valence-electron chi connectivity index (χ2n) is 7.35. The van der Waals surface area contributed by atoms with E-state index in [2.05, 4.69) is 12.2 Å². The van der Waals surface area contributed by atoms with Gasteiger partial charge in [-0.1, -0.05) is 12.2 Å². The van der Waals surface area contributed by atoms with Gasteiger partial charge >= 0.3 is 6.09 Å². The van der Waals surface area contributed by atoms with Gasteiger partial charge in [0.2, 0.25) is 0 Å². The van der Waals surface area contributed by atoms with E-state index in [4.69, 9.17) is 14.2 Å². The monoisotopic (exact) mass is 353 g/mol. The average molecular weight is 354 g/mol. The van der Waals surface area contributed by atoms with Crippen LogP contribution in [0.4, 0.5) is 4.79 Å². The Kier molecular flexibility index (Phi) is 9.65. The summed E-state index contributed by atoms with van der Waals surface area (Å²) in [6.07, 6.45) is 10.9. The zero-order valence-corrected chi connectivity index (χ0v) is 16.5. The summed E-state index contributed by atoms with van der Waals surface area (Å²) in [5, 5.41) is 0. The number of carbonyl (C=O) groups is 1. The van der Waals surface area contributed by atoms with Crippen LogP contribution < -0.4 is 0 Å². The zero-order chi connectivity index (χ0) is 18.7. The molecular formula is C20H35NO4. The number of hydrogen-bond donors (Lipinski definition) is 0. The van der Waals surface area contributed by atoms with Crippen LogP contribution >= 0.6 is 0 Å². The van der Waals surface area contributed by atoms with Crippen LogP contribution in [0.3, 0.4) is 0 Å². The van der Waals surface area contributed by atoms with Crippen molar-refractivity contribution < 1.29 is 19.0 Å². The second-order valence-corrected chi connectivity index (χ2v) is 7.35. The summed E-state index contributed by atoms with van der Waals surface area (Å²) in [6.45, 7) is 9.84. The van der Waals surface area contributed by atoms with Crippen molar-refractivity contribution in [3.63, 3.8) is 0 Å². The smallest absolute Gasteiger partial charge is 0.410 e. The van der Waals surface area contributed by atoms with Crippen molar-refractivity contribution in [1.29, 1.82) is 0 Å². The van der Waals surface area contributed by atoms with E-state index in [0.29, 0.717) is 13.1 Å². The van der Waals surface area contributed by atoms with E-state index in [-0.39, 0.29) is 12.2 Å².